The fourth-order valence-corrected chi connectivity index (χ4v) is 2.11. The molecule has 0 unspecified atom stereocenters. The molecular weight excluding hydrogens is 365 g/mol. The largest absolute Gasteiger partial charge is 0.383 e. The van der Waals surface area contributed by atoms with E-state index in [1.165, 1.54) is 0 Å². The van der Waals surface area contributed by atoms with Gasteiger partial charge in [0.1, 0.15) is 5.82 Å². The molecule has 2 heterocycles. The molecule has 100 valence electrons. The van der Waals surface area contributed by atoms with Gasteiger partial charge in [-0.05, 0) is 41.6 Å². The normalized spacial score (nSPS) is 10.7. The predicted molar refractivity (Wildman–Crippen MR) is 86.5 cm³/mol. The van der Waals surface area contributed by atoms with Crippen molar-refractivity contribution < 1.29 is 0 Å². The first-order valence-electron chi connectivity index (χ1n) is 6.05. The number of hydrogen-bond donors (Lipinski definition) is 1. The number of aromatic nitrogens is 4. The number of nitrogen functional groups attached to an aromatic ring is 1. The third kappa shape index (κ3) is 2.38. The van der Waals surface area contributed by atoms with Crippen molar-refractivity contribution in [2.75, 3.05) is 5.73 Å². The lowest BCUT2D eigenvalue weighted by molar-refractivity contribution is 0.880. The summed E-state index contributed by atoms with van der Waals surface area (Å²) in [6.45, 7) is 1.92. The molecule has 0 saturated heterocycles. The van der Waals surface area contributed by atoms with Gasteiger partial charge in [-0.25, -0.2) is 14.6 Å². The number of para-hydroxylation sites is 1. The Morgan fingerprint density at radius 1 is 1.15 bits per heavy atom. The zero-order valence-electron chi connectivity index (χ0n) is 10.8. The summed E-state index contributed by atoms with van der Waals surface area (Å²) in [5.74, 6) is 1.10. The number of benzene rings is 1. The topological polar surface area (TPSA) is 69.6 Å². The van der Waals surface area contributed by atoms with Crippen molar-refractivity contribution in [3.63, 3.8) is 0 Å². The standard InChI is InChI=1S/C14H12IN5/c1-9-12(15)13(16)19-14(18-9)10-7-17-20(8-10)11-5-3-2-4-6-11/h2-8H,1H3,(H2,16,18,19). The lowest BCUT2D eigenvalue weighted by Crippen LogP contribution is -2.01. The molecule has 0 aliphatic carbocycles. The lowest BCUT2D eigenvalue weighted by atomic mass is 10.3. The second-order valence-electron chi connectivity index (χ2n) is 4.34. The van der Waals surface area contributed by atoms with E-state index < -0.39 is 0 Å². The minimum absolute atomic E-state index is 0.501. The van der Waals surface area contributed by atoms with Crippen LogP contribution in [0.15, 0.2) is 42.7 Å². The number of hydrogen-bond acceptors (Lipinski definition) is 4. The minimum atomic E-state index is 0.501. The van der Waals surface area contributed by atoms with Gasteiger partial charge in [-0.2, -0.15) is 5.10 Å². The molecule has 0 fully saturated rings. The Bertz CT molecular complexity index is 728. The lowest BCUT2D eigenvalue weighted by Gasteiger charge is -2.04. The molecule has 2 N–H and O–H groups in total. The molecule has 0 atom stereocenters. The van der Waals surface area contributed by atoms with Crippen LogP contribution in [0.5, 0.6) is 0 Å². The number of halogens is 1. The molecule has 0 amide bonds. The van der Waals surface area contributed by atoms with Gasteiger partial charge in [0, 0.05) is 6.20 Å². The molecule has 0 radical (unpaired) electrons. The van der Waals surface area contributed by atoms with E-state index in [2.05, 4.69) is 37.7 Å². The van der Waals surface area contributed by atoms with Crippen LogP contribution in [0.1, 0.15) is 5.69 Å². The van der Waals surface area contributed by atoms with Gasteiger partial charge >= 0.3 is 0 Å². The van der Waals surface area contributed by atoms with Crippen LogP contribution in [0.4, 0.5) is 5.82 Å². The number of anilines is 1. The summed E-state index contributed by atoms with van der Waals surface area (Å²) in [7, 11) is 0. The Morgan fingerprint density at radius 3 is 2.60 bits per heavy atom. The summed E-state index contributed by atoms with van der Waals surface area (Å²) in [6.07, 6.45) is 3.64. The zero-order valence-corrected chi connectivity index (χ0v) is 12.9. The summed E-state index contributed by atoms with van der Waals surface area (Å²) >= 11 is 2.15. The maximum atomic E-state index is 5.89. The second kappa shape index (κ2) is 5.20. The molecule has 3 aromatic rings. The molecule has 1 aromatic carbocycles. The molecular formula is C14H12IN5. The van der Waals surface area contributed by atoms with Crippen molar-refractivity contribution >= 4 is 28.4 Å². The first kappa shape index (κ1) is 13.0. The number of rotatable bonds is 2. The highest BCUT2D eigenvalue weighted by Crippen LogP contribution is 2.22. The van der Waals surface area contributed by atoms with Crippen molar-refractivity contribution in [1.29, 1.82) is 0 Å². The van der Waals surface area contributed by atoms with Gasteiger partial charge in [0.2, 0.25) is 0 Å². The first-order valence-corrected chi connectivity index (χ1v) is 7.13. The predicted octanol–water partition coefficient (Wildman–Crippen LogP) is 2.82. The van der Waals surface area contributed by atoms with Gasteiger partial charge in [0.25, 0.3) is 0 Å². The molecule has 0 aliphatic heterocycles. The highest BCUT2D eigenvalue weighted by Gasteiger charge is 2.10. The van der Waals surface area contributed by atoms with Crippen LogP contribution in [0.2, 0.25) is 0 Å². The second-order valence-corrected chi connectivity index (χ2v) is 5.42. The quantitative estimate of drug-likeness (QED) is 0.698. The molecule has 2 aromatic heterocycles. The van der Waals surface area contributed by atoms with Crippen molar-refractivity contribution in [1.82, 2.24) is 19.7 Å². The average molecular weight is 377 g/mol. The van der Waals surface area contributed by atoms with E-state index in [4.69, 9.17) is 5.73 Å². The van der Waals surface area contributed by atoms with Crippen LogP contribution in [-0.4, -0.2) is 19.7 Å². The van der Waals surface area contributed by atoms with Crippen LogP contribution < -0.4 is 5.73 Å². The van der Waals surface area contributed by atoms with E-state index in [0.29, 0.717) is 11.6 Å². The van der Waals surface area contributed by atoms with E-state index in [1.807, 2.05) is 43.5 Å². The highest BCUT2D eigenvalue weighted by molar-refractivity contribution is 14.1. The average Bonchev–Trinajstić information content (AvgIpc) is 2.95. The van der Waals surface area contributed by atoms with E-state index in [-0.39, 0.29) is 0 Å². The van der Waals surface area contributed by atoms with E-state index >= 15 is 0 Å². The van der Waals surface area contributed by atoms with Crippen LogP contribution >= 0.6 is 22.6 Å². The maximum Gasteiger partial charge on any atom is 0.165 e. The molecule has 3 rings (SSSR count). The van der Waals surface area contributed by atoms with Gasteiger partial charge in [0.15, 0.2) is 5.82 Å². The Kier molecular flexibility index (Phi) is 3.39. The fourth-order valence-electron chi connectivity index (χ4n) is 1.87. The summed E-state index contributed by atoms with van der Waals surface area (Å²) in [6, 6.07) is 9.90. The minimum Gasteiger partial charge on any atom is -0.383 e. The molecule has 0 aliphatic rings. The van der Waals surface area contributed by atoms with Crippen LogP contribution in [0.25, 0.3) is 17.1 Å². The molecule has 0 bridgehead atoms. The number of nitrogens with zero attached hydrogens (tertiary/aromatic N) is 4. The maximum absolute atomic E-state index is 5.89. The SMILES string of the molecule is Cc1nc(-c2cnn(-c3ccccc3)c2)nc(N)c1I. The Hall–Kier alpha value is -1.96. The number of nitrogens with two attached hydrogens (primary N) is 1. The van der Waals surface area contributed by atoms with Crippen molar-refractivity contribution in [2.24, 2.45) is 0 Å². The smallest absolute Gasteiger partial charge is 0.165 e. The summed E-state index contributed by atoms with van der Waals surface area (Å²) in [4.78, 5) is 8.78. The van der Waals surface area contributed by atoms with Gasteiger partial charge in [-0.3, -0.25) is 0 Å². The van der Waals surface area contributed by atoms with Gasteiger partial charge in [0.05, 0.1) is 26.7 Å². The first-order chi connectivity index (χ1) is 9.65. The fraction of sp³-hybridized carbons (Fsp3) is 0.0714. The monoisotopic (exact) mass is 377 g/mol. The van der Waals surface area contributed by atoms with Crippen LogP contribution in [0, 0.1) is 10.5 Å². The van der Waals surface area contributed by atoms with Crippen LogP contribution in [-0.2, 0) is 0 Å². The van der Waals surface area contributed by atoms with E-state index in [9.17, 15) is 0 Å². The zero-order chi connectivity index (χ0) is 14.1. The van der Waals surface area contributed by atoms with Crippen molar-refractivity contribution in [3.05, 3.63) is 52.0 Å². The van der Waals surface area contributed by atoms with Gasteiger partial charge in [-0.1, -0.05) is 18.2 Å². The Morgan fingerprint density at radius 2 is 1.90 bits per heavy atom. The van der Waals surface area contributed by atoms with Crippen molar-refractivity contribution in [3.8, 4) is 17.1 Å². The Balaban J connectivity index is 2.03. The number of aryl methyl sites for hydroxylation is 1. The summed E-state index contributed by atoms with van der Waals surface area (Å²) in [5, 5.41) is 4.34. The molecule has 0 spiro atoms. The third-order valence-corrected chi connectivity index (χ3v) is 4.24. The molecule has 6 heteroatoms. The summed E-state index contributed by atoms with van der Waals surface area (Å²) in [5.41, 5.74) is 8.61. The third-order valence-electron chi connectivity index (χ3n) is 2.90. The van der Waals surface area contributed by atoms with Crippen molar-refractivity contribution in [2.45, 2.75) is 6.92 Å². The van der Waals surface area contributed by atoms with Gasteiger partial charge < -0.3 is 5.73 Å². The van der Waals surface area contributed by atoms with Gasteiger partial charge in [-0.15, -0.1) is 0 Å². The highest BCUT2D eigenvalue weighted by atomic mass is 127. The van der Waals surface area contributed by atoms with E-state index in [0.717, 1.165) is 20.5 Å². The molecule has 20 heavy (non-hydrogen) atoms. The Labute approximate surface area is 130 Å². The molecule has 5 nitrogen and oxygen atoms in total. The van der Waals surface area contributed by atoms with Crippen LogP contribution in [0.3, 0.4) is 0 Å². The molecule has 0 saturated carbocycles. The van der Waals surface area contributed by atoms with E-state index in [1.54, 1.807) is 10.9 Å². The summed E-state index contributed by atoms with van der Waals surface area (Å²) < 4.78 is 2.68.